The molecule has 0 radical (unpaired) electrons. The molecular formula is C13H12O3. The maximum atomic E-state index is 11.5. The number of carbonyl (C=O) groups excluding carboxylic acids is 1. The van der Waals surface area contributed by atoms with Crippen molar-refractivity contribution in [3.63, 3.8) is 0 Å². The fraction of sp³-hybridized carbons (Fsp3) is 0.154. The van der Waals surface area contributed by atoms with Crippen LogP contribution in [0.15, 0.2) is 47.1 Å². The number of esters is 1. The first-order valence-electron chi connectivity index (χ1n) is 5.14. The van der Waals surface area contributed by atoms with Crippen molar-refractivity contribution in [3.8, 4) is 5.75 Å². The Labute approximate surface area is 93.7 Å². The molecule has 3 heteroatoms. The number of rotatable bonds is 3. The van der Waals surface area contributed by atoms with Crippen molar-refractivity contribution >= 4 is 5.97 Å². The fourth-order valence-electron chi connectivity index (χ4n) is 1.35. The molecule has 0 amide bonds. The van der Waals surface area contributed by atoms with Gasteiger partial charge in [0.2, 0.25) is 5.76 Å². The van der Waals surface area contributed by atoms with Gasteiger partial charge in [0, 0.05) is 0 Å². The monoisotopic (exact) mass is 216 g/mol. The zero-order valence-electron chi connectivity index (χ0n) is 8.97. The largest absolute Gasteiger partial charge is 0.457 e. The van der Waals surface area contributed by atoms with Gasteiger partial charge in [0.1, 0.15) is 5.75 Å². The summed E-state index contributed by atoms with van der Waals surface area (Å²) in [5.74, 6) is 0.257. The Morgan fingerprint density at radius 3 is 2.56 bits per heavy atom. The minimum Gasteiger partial charge on any atom is -0.457 e. The zero-order valence-corrected chi connectivity index (χ0v) is 8.97. The number of furan rings is 1. The third-order valence-electron chi connectivity index (χ3n) is 2.26. The van der Waals surface area contributed by atoms with E-state index in [0.29, 0.717) is 5.75 Å². The molecule has 0 saturated heterocycles. The van der Waals surface area contributed by atoms with Gasteiger partial charge in [-0.25, -0.2) is 4.79 Å². The van der Waals surface area contributed by atoms with Gasteiger partial charge in [-0.3, -0.25) is 0 Å². The van der Waals surface area contributed by atoms with E-state index in [4.69, 9.17) is 9.15 Å². The quantitative estimate of drug-likeness (QED) is 0.584. The summed E-state index contributed by atoms with van der Waals surface area (Å²) in [7, 11) is 0. The molecular weight excluding hydrogens is 204 g/mol. The van der Waals surface area contributed by atoms with Crippen molar-refractivity contribution in [2.24, 2.45) is 0 Å². The van der Waals surface area contributed by atoms with Crippen LogP contribution < -0.4 is 4.74 Å². The van der Waals surface area contributed by atoms with Gasteiger partial charge < -0.3 is 9.15 Å². The predicted molar refractivity (Wildman–Crippen MR) is 59.5 cm³/mol. The SMILES string of the molecule is CCc1ccc(OC(=O)c2ccco2)cc1. The van der Waals surface area contributed by atoms with Gasteiger partial charge in [-0.2, -0.15) is 0 Å². The predicted octanol–water partition coefficient (Wildman–Crippen LogP) is 3.06. The summed E-state index contributed by atoms with van der Waals surface area (Å²) in [5.41, 5.74) is 1.21. The van der Waals surface area contributed by atoms with Gasteiger partial charge in [-0.05, 0) is 36.2 Å². The van der Waals surface area contributed by atoms with Gasteiger partial charge in [0.05, 0.1) is 6.26 Å². The number of carbonyl (C=O) groups is 1. The van der Waals surface area contributed by atoms with Crippen LogP contribution >= 0.6 is 0 Å². The molecule has 0 fully saturated rings. The lowest BCUT2D eigenvalue weighted by Gasteiger charge is -2.02. The van der Waals surface area contributed by atoms with E-state index in [0.717, 1.165) is 6.42 Å². The summed E-state index contributed by atoms with van der Waals surface area (Å²) >= 11 is 0. The molecule has 0 bridgehead atoms. The Kier molecular flexibility index (Phi) is 3.05. The summed E-state index contributed by atoms with van der Waals surface area (Å²) in [5, 5.41) is 0. The molecule has 0 saturated carbocycles. The maximum absolute atomic E-state index is 11.5. The first-order valence-corrected chi connectivity index (χ1v) is 5.14. The normalized spacial score (nSPS) is 10.1. The van der Waals surface area contributed by atoms with Crippen molar-refractivity contribution in [2.75, 3.05) is 0 Å². The summed E-state index contributed by atoms with van der Waals surface area (Å²) in [6.07, 6.45) is 2.41. The van der Waals surface area contributed by atoms with Crippen LogP contribution in [-0.2, 0) is 6.42 Å². The van der Waals surface area contributed by atoms with Crippen molar-refractivity contribution in [2.45, 2.75) is 13.3 Å². The second kappa shape index (κ2) is 4.66. The minimum absolute atomic E-state index is 0.208. The van der Waals surface area contributed by atoms with Crippen LogP contribution in [0.4, 0.5) is 0 Å². The van der Waals surface area contributed by atoms with Crippen LogP contribution in [-0.4, -0.2) is 5.97 Å². The van der Waals surface area contributed by atoms with Crippen molar-refractivity contribution in [1.82, 2.24) is 0 Å². The molecule has 16 heavy (non-hydrogen) atoms. The van der Waals surface area contributed by atoms with Gasteiger partial charge >= 0.3 is 5.97 Å². The molecule has 0 atom stereocenters. The lowest BCUT2D eigenvalue weighted by atomic mass is 10.2. The summed E-state index contributed by atoms with van der Waals surface area (Å²) in [4.78, 5) is 11.5. The first kappa shape index (κ1) is 10.5. The van der Waals surface area contributed by atoms with Gasteiger partial charge in [0.25, 0.3) is 0 Å². The highest BCUT2D eigenvalue weighted by Gasteiger charge is 2.10. The lowest BCUT2D eigenvalue weighted by molar-refractivity contribution is 0.0701. The van der Waals surface area contributed by atoms with Crippen LogP contribution in [0.2, 0.25) is 0 Å². The highest BCUT2D eigenvalue weighted by Crippen LogP contribution is 2.14. The Hall–Kier alpha value is -2.03. The fourth-order valence-corrected chi connectivity index (χ4v) is 1.35. The van der Waals surface area contributed by atoms with E-state index in [9.17, 15) is 4.79 Å². The molecule has 0 aliphatic rings. The summed E-state index contributed by atoms with van der Waals surface area (Å²) < 4.78 is 10.1. The van der Waals surface area contributed by atoms with Crippen molar-refractivity contribution in [3.05, 3.63) is 54.0 Å². The summed E-state index contributed by atoms with van der Waals surface area (Å²) in [6.45, 7) is 2.07. The zero-order chi connectivity index (χ0) is 11.4. The summed E-state index contributed by atoms with van der Waals surface area (Å²) in [6, 6.07) is 10.6. The highest BCUT2D eigenvalue weighted by molar-refractivity contribution is 5.88. The Morgan fingerprint density at radius 2 is 2.00 bits per heavy atom. The van der Waals surface area contributed by atoms with Crippen LogP contribution in [0, 0.1) is 0 Å². The molecule has 2 aromatic rings. The molecule has 0 N–H and O–H groups in total. The van der Waals surface area contributed by atoms with Crippen molar-refractivity contribution in [1.29, 1.82) is 0 Å². The number of aryl methyl sites for hydroxylation is 1. The Morgan fingerprint density at radius 1 is 1.25 bits per heavy atom. The van der Waals surface area contributed by atoms with E-state index >= 15 is 0 Å². The standard InChI is InChI=1S/C13H12O3/c1-2-10-5-7-11(8-6-10)16-13(14)12-4-3-9-15-12/h3-9H,2H2,1H3. The van der Waals surface area contributed by atoms with Crippen LogP contribution in [0.1, 0.15) is 23.0 Å². The Bertz CT molecular complexity index is 454. The molecule has 0 spiro atoms. The average Bonchev–Trinajstić information content (AvgIpc) is 2.83. The molecule has 1 aromatic heterocycles. The van der Waals surface area contributed by atoms with E-state index in [1.165, 1.54) is 11.8 Å². The van der Waals surface area contributed by atoms with Crippen LogP contribution in [0.5, 0.6) is 5.75 Å². The third kappa shape index (κ3) is 2.31. The van der Waals surface area contributed by atoms with E-state index in [-0.39, 0.29) is 5.76 Å². The van der Waals surface area contributed by atoms with E-state index in [1.807, 2.05) is 12.1 Å². The lowest BCUT2D eigenvalue weighted by Crippen LogP contribution is -2.06. The maximum Gasteiger partial charge on any atom is 0.379 e. The second-order valence-electron chi connectivity index (χ2n) is 3.36. The number of hydrogen-bond donors (Lipinski definition) is 0. The molecule has 0 aliphatic carbocycles. The minimum atomic E-state index is -0.478. The molecule has 2 rings (SSSR count). The second-order valence-corrected chi connectivity index (χ2v) is 3.36. The average molecular weight is 216 g/mol. The first-order chi connectivity index (χ1) is 7.79. The highest BCUT2D eigenvalue weighted by atomic mass is 16.5. The number of hydrogen-bond acceptors (Lipinski definition) is 3. The van der Waals surface area contributed by atoms with E-state index in [1.54, 1.807) is 24.3 Å². The van der Waals surface area contributed by atoms with E-state index < -0.39 is 5.97 Å². The Balaban J connectivity index is 2.06. The molecule has 1 heterocycles. The smallest absolute Gasteiger partial charge is 0.379 e. The molecule has 1 aromatic carbocycles. The van der Waals surface area contributed by atoms with Crippen LogP contribution in [0.25, 0.3) is 0 Å². The van der Waals surface area contributed by atoms with E-state index in [2.05, 4.69) is 6.92 Å². The molecule has 0 unspecified atom stereocenters. The van der Waals surface area contributed by atoms with Crippen molar-refractivity contribution < 1.29 is 13.9 Å². The van der Waals surface area contributed by atoms with Crippen LogP contribution in [0.3, 0.4) is 0 Å². The molecule has 3 nitrogen and oxygen atoms in total. The topological polar surface area (TPSA) is 39.4 Å². The number of ether oxygens (including phenoxy) is 1. The van der Waals surface area contributed by atoms with Gasteiger partial charge in [-0.15, -0.1) is 0 Å². The molecule has 82 valence electrons. The van der Waals surface area contributed by atoms with Gasteiger partial charge in [0.15, 0.2) is 0 Å². The number of benzene rings is 1. The van der Waals surface area contributed by atoms with Gasteiger partial charge in [-0.1, -0.05) is 19.1 Å². The third-order valence-corrected chi connectivity index (χ3v) is 2.26. The molecule has 0 aliphatic heterocycles.